The quantitative estimate of drug-likeness (QED) is 0.866. The molecule has 4 nitrogen and oxygen atoms in total. The van der Waals surface area contributed by atoms with Gasteiger partial charge in [-0.25, -0.2) is 9.97 Å². The van der Waals surface area contributed by atoms with Gasteiger partial charge in [0.05, 0.1) is 0 Å². The van der Waals surface area contributed by atoms with Crippen LogP contribution in [0.3, 0.4) is 0 Å². The molecule has 1 saturated carbocycles. The number of hydrogen-bond acceptors (Lipinski definition) is 4. The van der Waals surface area contributed by atoms with E-state index in [1.807, 2.05) is 0 Å². The summed E-state index contributed by atoms with van der Waals surface area (Å²) in [5, 5.41) is 3.25. The first kappa shape index (κ1) is 9.71. The average molecular weight is 257 g/mol. The van der Waals surface area contributed by atoms with Crippen molar-refractivity contribution in [2.24, 2.45) is 5.92 Å². The zero-order valence-corrected chi connectivity index (χ0v) is 9.42. The van der Waals surface area contributed by atoms with Gasteiger partial charge in [-0.3, -0.25) is 0 Å². The number of anilines is 2. The lowest BCUT2D eigenvalue weighted by molar-refractivity contribution is 0.757. The number of rotatable bonds is 4. The van der Waals surface area contributed by atoms with E-state index in [1.54, 1.807) is 0 Å². The van der Waals surface area contributed by atoms with Gasteiger partial charge in [-0.1, -0.05) is 12.8 Å². The first-order valence-corrected chi connectivity index (χ1v) is 5.56. The summed E-state index contributed by atoms with van der Waals surface area (Å²) in [6.45, 7) is 0.958. The van der Waals surface area contributed by atoms with Crippen LogP contribution in [0.5, 0.6) is 0 Å². The maximum atomic E-state index is 5.63. The molecule has 1 fully saturated rings. The summed E-state index contributed by atoms with van der Waals surface area (Å²) in [6.07, 6.45) is 5.46. The van der Waals surface area contributed by atoms with Crippen molar-refractivity contribution in [1.29, 1.82) is 0 Å². The van der Waals surface area contributed by atoms with Crippen LogP contribution >= 0.6 is 15.9 Å². The molecule has 0 aliphatic heterocycles. The highest BCUT2D eigenvalue weighted by atomic mass is 79.9. The number of nitrogens with one attached hydrogen (secondary N) is 1. The zero-order chi connectivity index (χ0) is 9.97. The molecule has 14 heavy (non-hydrogen) atoms. The van der Waals surface area contributed by atoms with E-state index in [1.165, 1.54) is 25.6 Å². The van der Waals surface area contributed by atoms with Gasteiger partial charge in [-0.05, 0) is 28.3 Å². The first-order chi connectivity index (χ1) is 6.77. The van der Waals surface area contributed by atoms with Crippen LogP contribution in [0.2, 0.25) is 0 Å². The predicted octanol–water partition coefficient (Wildman–Crippen LogP) is 2.03. The number of halogens is 1. The maximum Gasteiger partial charge on any atom is 0.145 e. The Bertz CT molecular complexity index is 325. The molecule has 1 heterocycles. The van der Waals surface area contributed by atoms with Crippen LogP contribution in [0.4, 0.5) is 11.6 Å². The number of nitrogens with zero attached hydrogens (tertiary/aromatic N) is 2. The maximum absolute atomic E-state index is 5.63. The van der Waals surface area contributed by atoms with Crippen molar-refractivity contribution in [2.45, 2.75) is 19.3 Å². The zero-order valence-electron chi connectivity index (χ0n) is 7.83. The fraction of sp³-hybridized carbons (Fsp3) is 0.556. The Morgan fingerprint density at radius 2 is 2.29 bits per heavy atom. The van der Waals surface area contributed by atoms with Crippen LogP contribution in [0.25, 0.3) is 0 Å². The summed E-state index contributed by atoms with van der Waals surface area (Å²) in [4.78, 5) is 7.98. The van der Waals surface area contributed by atoms with Crippen molar-refractivity contribution < 1.29 is 0 Å². The van der Waals surface area contributed by atoms with Gasteiger partial charge in [0, 0.05) is 6.54 Å². The van der Waals surface area contributed by atoms with Crippen LogP contribution < -0.4 is 11.1 Å². The monoisotopic (exact) mass is 256 g/mol. The number of hydrogen-bond donors (Lipinski definition) is 2. The van der Waals surface area contributed by atoms with Crippen LogP contribution in [0.15, 0.2) is 10.8 Å². The topological polar surface area (TPSA) is 63.8 Å². The van der Waals surface area contributed by atoms with Crippen molar-refractivity contribution in [3.8, 4) is 0 Å². The highest BCUT2D eigenvalue weighted by Gasteiger charge is 2.20. The van der Waals surface area contributed by atoms with Crippen LogP contribution in [0, 0.1) is 5.92 Å². The molecule has 1 aliphatic carbocycles. The molecule has 3 N–H and O–H groups in total. The third-order valence-electron chi connectivity index (χ3n) is 2.36. The van der Waals surface area contributed by atoms with Crippen LogP contribution in [0.1, 0.15) is 19.3 Å². The molecule has 0 aromatic carbocycles. The molecular formula is C9H13BrN4. The number of nitrogens with two attached hydrogens (primary N) is 1. The lowest BCUT2D eigenvalue weighted by Crippen LogP contribution is -2.06. The van der Waals surface area contributed by atoms with Gasteiger partial charge in [0.15, 0.2) is 0 Å². The minimum atomic E-state index is 0.480. The Labute approximate surface area is 91.4 Å². The Kier molecular flexibility index (Phi) is 2.86. The molecule has 2 rings (SSSR count). The van der Waals surface area contributed by atoms with E-state index in [-0.39, 0.29) is 0 Å². The summed E-state index contributed by atoms with van der Waals surface area (Å²) in [5.74, 6) is 2.20. The molecule has 0 amide bonds. The van der Waals surface area contributed by atoms with Gasteiger partial charge < -0.3 is 11.1 Å². The molecule has 0 radical (unpaired) electrons. The summed E-state index contributed by atoms with van der Waals surface area (Å²) < 4.78 is 0.760. The smallest absolute Gasteiger partial charge is 0.145 e. The molecular weight excluding hydrogens is 244 g/mol. The second-order valence-electron chi connectivity index (χ2n) is 3.58. The Morgan fingerprint density at radius 3 is 3.00 bits per heavy atom. The Hall–Kier alpha value is -0.840. The molecule has 1 aromatic rings. The number of nitrogen functional groups attached to an aromatic ring is 1. The molecule has 0 saturated heterocycles. The lowest BCUT2D eigenvalue weighted by Gasteiger charge is -2.07. The van der Waals surface area contributed by atoms with Crippen molar-refractivity contribution in [2.75, 3.05) is 17.6 Å². The fourth-order valence-corrected chi connectivity index (χ4v) is 1.65. The van der Waals surface area contributed by atoms with Gasteiger partial charge in [-0.2, -0.15) is 0 Å². The van der Waals surface area contributed by atoms with Gasteiger partial charge in [0.1, 0.15) is 22.4 Å². The molecule has 1 aromatic heterocycles. The van der Waals surface area contributed by atoms with E-state index >= 15 is 0 Å². The lowest BCUT2D eigenvalue weighted by atomic mass is 10.3. The van der Waals surface area contributed by atoms with Crippen molar-refractivity contribution in [3.63, 3.8) is 0 Å². The molecule has 0 spiro atoms. The highest BCUT2D eigenvalue weighted by molar-refractivity contribution is 9.10. The fourth-order valence-electron chi connectivity index (χ4n) is 1.31. The van der Waals surface area contributed by atoms with E-state index in [0.29, 0.717) is 5.82 Å². The molecule has 0 unspecified atom stereocenters. The van der Waals surface area contributed by atoms with Gasteiger partial charge in [0.25, 0.3) is 0 Å². The minimum Gasteiger partial charge on any atom is -0.383 e. The Balaban J connectivity index is 1.90. The van der Waals surface area contributed by atoms with Crippen molar-refractivity contribution >= 4 is 27.6 Å². The molecule has 5 heteroatoms. The normalized spacial score (nSPS) is 15.5. The first-order valence-electron chi connectivity index (χ1n) is 4.77. The van der Waals surface area contributed by atoms with Crippen LogP contribution in [-0.4, -0.2) is 16.5 Å². The molecule has 0 atom stereocenters. The second-order valence-corrected chi connectivity index (χ2v) is 4.37. The van der Waals surface area contributed by atoms with Crippen molar-refractivity contribution in [1.82, 2.24) is 9.97 Å². The standard InChI is InChI=1S/C9H13BrN4/c10-7-8(11)13-5-14-9(7)12-4-3-6-1-2-6/h5-6H,1-4H2,(H3,11,12,13,14). The summed E-state index contributed by atoms with van der Waals surface area (Å²) >= 11 is 3.35. The minimum absolute atomic E-state index is 0.480. The van der Waals surface area contributed by atoms with E-state index in [0.717, 1.165) is 22.8 Å². The molecule has 76 valence electrons. The summed E-state index contributed by atoms with van der Waals surface area (Å²) in [6, 6.07) is 0. The SMILES string of the molecule is Nc1ncnc(NCCC2CC2)c1Br. The molecule has 1 aliphatic rings. The van der Waals surface area contributed by atoms with Crippen LogP contribution in [-0.2, 0) is 0 Å². The summed E-state index contributed by atoms with van der Waals surface area (Å²) in [7, 11) is 0. The third kappa shape index (κ3) is 2.35. The van der Waals surface area contributed by atoms with E-state index < -0.39 is 0 Å². The van der Waals surface area contributed by atoms with Gasteiger partial charge in [-0.15, -0.1) is 0 Å². The number of aromatic nitrogens is 2. The summed E-state index contributed by atoms with van der Waals surface area (Å²) in [5.41, 5.74) is 5.63. The van der Waals surface area contributed by atoms with E-state index in [2.05, 4.69) is 31.2 Å². The average Bonchev–Trinajstić information content (AvgIpc) is 2.96. The second kappa shape index (κ2) is 4.13. The van der Waals surface area contributed by atoms with Gasteiger partial charge in [0.2, 0.25) is 0 Å². The van der Waals surface area contributed by atoms with E-state index in [9.17, 15) is 0 Å². The predicted molar refractivity (Wildman–Crippen MR) is 60.0 cm³/mol. The van der Waals surface area contributed by atoms with Gasteiger partial charge >= 0.3 is 0 Å². The third-order valence-corrected chi connectivity index (χ3v) is 3.14. The van der Waals surface area contributed by atoms with E-state index in [4.69, 9.17) is 5.73 Å². The van der Waals surface area contributed by atoms with Crippen molar-refractivity contribution in [3.05, 3.63) is 10.8 Å². The molecule has 0 bridgehead atoms. The largest absolute Gasteiger partial charge is 0.383 e. The highest BCUT2D eigenvalue weighted by Crippen LogP contribution is 2.32. The Morgan fingerprint density at radius 1 is 1.50 bits per heavy atom.